The maximum Gasteiger partial charge on any atom is 0.223 e. The van der Waals surface area contributed by atoms with Gasteiger partial charge in [-0.1, -0.05) is 12.1 Å². The molecule has 2 aliphatic heterocycles. The summed E-state index contributed by atoms with van der Waals surface area (Å²) >= 11 is 0. The molecule has 2 aromatic rings. The predicted molar refractivity (Wildman–Crippen MR) is 95.4 cm³/mol. The van der Waals surface area contributed by atoms with Crippen LogP contribution in [-0.4, -0.2) is 50.6 Å². The Morgan fingerprint density at radius 3 is 2.52 bits per heavy atom. The van der Waals surface area contributed by atoms with Gasteiger partial charge in [-0.25, -0.2) is 0 Å². The third-order valence-electron chi connectivity index (χ3n) is 5.18. The van der Waals surface area contributed by atoms with Gasteiger partial charge in [0.25, 0.3) is 0 Å². The Morgan fingerprint density at radius 2 is 1.78 bits per heavy atom. The minimum absolute atomic E-state index is 0.139. The summed E-state index contributed by atoms with van der Waals surface area (Å²) in [6, 6.07) is 11.1. The normalized spacial score (nSPS) is 18.5. The lowest BCUT2D eigenvalue weighted by Crippen LogP contribution is -2.44. The summed E-state index contributed by atoms with van der Waals surface area (Å²) in [5.74, 6) is 0.139. The van der Waals surface area contributed by atoms with E-state index < -0.39 is 0 Å². The van der Waals surface area contributed by atoms with Crippen molar-refractivity contribution in [3.05, 3.63) is 35.9 Å². The lowest BCUT2D eigenvalue weighted by atomic mass is 10.0. The number of amides is 1. The van der Waals surface area contributed by atoms with Crippen molar-refractivity contribution in [1.82, 2.24) is 4.90 Å². The van der Waals surface area contributed by atoms with E-state index in [-0.39, 0.29) is 5.91 Å². The van der Waals surface area contributed by atoms with Crippen LogP contribution in [-0.2, 0) is 11.2 Å². The third-order valence-corrected chi connectivity index (χ3v) is 5.18. The second kappa shape index (κ2) is 5.53. The van der Waals surface area contributed by atoms with Crippen molar-refractivity contribution in [3.8, 4) is 0 Å². The number of hydrogen-bond acceptors (Lipinski definition) is 3. The molecule has 0 N–H and O–H groups in total. The molecule has 4 heteroatoms. The molecule has 4 rings (SSSR count). The molecule has 120 valence electrons. The minimum Gasteiger partial charge on any atom is -0.368 e. The number of carbonyl (C=O) groups is 1. The highest BCUT2D eigenvalue weighted by atomic mass is 16.2. The summed E-state index contributed by atoms with van der Waals surface area (Å²) in [6.45, 7) is 6.78. The molecule has 2 aromatic carbocycles. The Balaban J connectivity index is 1.80. The molecular formula is C19H23N3O. The molecule has 0 bridgehead atoms. The van der Waals surface area contributed by atoms with Gasteiger partial charge in [0.2, 0.25) is 5.91 Å². The number of piperazine rings is 1. The fourth-order valence-electron chi connectivity index (χ4n) is 3.80. The van der Waals surface area contributed by atoms with Gasteiger partial charge < -0.3 is 14.7 Å². The zero-order chi connectivity index (χ0) is 16.0. The molecular weight excluding hydrogens is 286 g/mol. The minimum atomic E-state index is 0.139. The highest BCUT2D eigenvalue weighted by Crippen LogP contribution is 2.36. The van der Waals surface area contributed by atoms with Crippen molar-refractivity contribution < 1.29 is 4.79 Å². The van der Waals surface area contributed by atoms with Crippen LogP contribution in [0, 0.1) is 0 Å². The number of anilines is 2. The SMILES string of the molecule is CC(=O)N1CCc2cc3cccc(N4CCN(C)CC4)c3cc21. The van der Waals surface area contributed by atoms with Crippen LogP contribution in [0.15, 0.2) is 30.3 Å². The summed E-state index contributed by atoms with van der Waals surface area (Å²) in [7, 11) is 2.18. The fourth-order valence-corrected chi connectivity index (χ4v) is 3.80. The number of carbonyl (C=O) groups excluding carboxylic acids is 1. The zero-order valence-electron chi connectivity index (χ0n) is 13.9. The van der Waals surface area contributed by atoms with Gasteiger partial charge in [-0.05, 0) is 42.6 Å². The lowest BCUT2D eigenvalue weighted by molar-refractivity contribution is -0.116. The van der Waals surface area contributed by atoms with Gasteiger partial charge in [-0.15, -0.1) is 0 Å². The van der Waals surface area contributed by atoms with Gasteiger partial charge in [0.15, 0.2) is 0 Å². The predicted octanol–water partition coefficient (Wildman–Crippen LogP) is 2.50. The van der Waals surface area contributed by atoms with Crippen LogP contribution in [0.2, 0.25) is 0 Å². The van der Waals surface area contributed by atoms with Crippen LogP contribution in [0.1, 0.15) is 12.5 Å². The molecule has 1 fully saturated rings. The second-order valence-corrected chi connectivity index (χ2v) is 6.69. The molecule has 0 aliphatic carbocycles. The number of likely N-dealkylation sites (N-methyl/N-ethyl adjacent to an activating group) is 1. The Hall–Kier alpha value is -2.07. The van der Waals surface area contributed by atoms with E-state index in [4.69, 9.17) is 0 Å². The first-order valence-corrected chi connectivity index (χ1v) is 8.41. The molecule has 4 nitrogen and oxygen atoms in total. The summed E-state index contributed by atoms with van der Waals surface area (Å²) in [6.07, 6.45) is 0.962. The number of nitrogens with zero attached hydrogens (tertiary/aromatic N) is 3. The van der Waals surface area contributed by atoms with E-state index in [0.717, 1.165) is 44.8 Å². The average molecular weight is 309 g/mol. The molecule has 0 unspecified atom stereocenters. The monoisotopic (exact) mass is 309 g/mol. The smallest absolute Gasteiger partial charge is 0.223 e. The maximum atomic E-state index is 11.9. The third kappa shape index (κ3) is 2.47. The summed E-state index contributed by atoms with van der Waals surface area (Å²) < 4.78 is 0. The molecule has 0 aromatic heterocycles. The standard InChI is InChI=1S/C19H23N3O/c1-14(23)22-7-6-16-12-15-4-3-5-18(17(15)13-19(16)22)21-10-8-20(2)9-11-21/h3-5,12-13H,6-11H2,1-2H3. The van der Waals surface area contributed by atoms with Crippen molar-refractivity contribution in [1.29, 1.82) is 0 Å². The first-order valence-electron chi connectivity index (χ1n) is 8.41. The highest BCUT2D eigenvalue weighted by molar-refractivity contribution is 6.02. The van der Waals surface area contributed by atoms with E-state index in [1.807, 2.05) is 4.90 Å². The molecule has 1 amide bonds. The molecule has 0 radical (unpaired) electrons. The number of hydrogen-bond donors (Lipinski definition) is 0. The van der Waals surface area contributed by atoms with E-state index in [0.29, 0.717) is 0 Å². The Labute approximate surface area is 137 Å². The number of benzene rings is 2. The van der Waals surface area contributed by atoms with Gasteiger partial charge >= 0.3 is 0 Å². The highest BCUT2D eigenvalue weighted by Gasteiger charge is 2.24. The first kappa shape index (κ1) is 14.5. The van der Waals surface area contributed by atoms with Crippen molar-refractivity contribution in [2.75, 3.05) is 49.6 Å². The molecule has 2 aliphatic rings. The largest absolute Gasteiger partial charge is 0.368 e. The van der Waals surface area contributed by atoms with Crippen LogP contribution >= 0.6 is 0 Å². The Kier molecular flexibility index (Phi) is 3.49. The molecule has 23 heavy (non-hydrogen) atoms. The summed E-state index contributed by atoms with van der Waals surface area (Å²) in [5.41, 5.74) is 3.70. The van der Waals surface area contributed by atoms with Crippen molar-refractivity contribution in [2.45, 2.75) is 13.3 Å². The molecule has 0 spiro atoms. The summed E-state index contributed by atoms with van der Waals surface area (Å²) in [5, 5.41) is 2.55. The van der Waals surface area contributed by atoms with Gasteiger partial charge in [0.05, 0.1) is 0 Å². The molecule has 0 atom stereocenters. The number of rotatable bonds is 1. The second-order valence-electron chi connectivity index (χ2n) is 6.69. The molecule has 1 saturated heterocycles. The van der Waals surface area contributed by atoms with Crippen LogP contribution in [0.4, 0.5) is 11.4 Å². The van der Waals surface area contributed by atoms with Crippen LogP contribution < -0.4 is 9.80 Å². The average Bonchev–Trinajstić information content (AvgIpc) is 2.96. The fraction of sp³-hybridized carbons (Fsp3) is 0.421. The van der Waals surface area contributed by atoms with Crippen molar-refractivity contribution >= 4 is 28.1 Å². The van der Waals surface area contributed by atoms with Crippen molar-refractivity contribution in [3.63, 3.8) is 0 Å². The summed E-state index contributed by atoms with van der Waals surface area (Å²) in [4.78, 5) is 18.6. The van der Waals surface area contributed by atoms with Gasteiger partial charge in [-0.2, -0.15) is 0 Å². The van der Waals surface area contributed by atoms with E-state index in [2.05, 4.69) is 47.2 Å². The Bertz CT molecular complexity index is 763. The quantitative estimate of drug-likeness (QED) is 0.810. The van der Waals surface area contributed by atoms with Gasteiger partial charge in [0.1, 0.15) is 0 Å². The van der Waals surface area contributed by atoms with E-state index in [1.54, 1.807) is 6.92 Å². The van der Waals surface area contributed by atoms with Crippen LogP contribution in [0.25, 0.3) is 10.8 Å². The number of fused-ring (bicyclic) bond motifs is 2. The van der Waals surface area contributed by atoms with Gasteiger partial charge in [-0.3, -0.25) is 4.79 Å². The Morgan fingerprint density at radius 1 is 1.00 bits per heavy atom. The van der Waals surface area contributed by atoms with E-state index in [1.165, 1.54) is 22.0 Å². The first-order chi connectivity index (χ1) is 11.1. The van der Waals surface area contributed by atoms with Crippen LogP contribution in [0.5, 0.6) is 0 Å². The van der Waals surface area contributed by atoms with Crippen LogP contribution in [0.3, 0.4) is 0 Å². The zero-order valence-corrected chi connectivity index (χ0v) is 13.9. The van der Waals surface area contributed by atoms with Crippen molar-refractivity contribution in [2.24, 2.45) is 0 Å². The topological polar surface area (TPSA) is 26.8 Å². The molecule has 2 heterocycles. The molecule has 0 saturated carbocycles. The lowest BCUT2D eigenvalue weighted by Gasteiger charge is -2.34. The van der Waals surface area contributed by atoms with Gasteiger partial charge in [0, 0.05) is 56.4 Å². The maximum absolute atomic E-state index is 11.9. The van der Waals surface area contributed by atoms with E-state index >= 15 is 0 Å². The van der Waals surface area contributed by atoms with E-state index in [9.17, 15) is 4.79 Å².